The van der Waals surface area contributed by atoms with Crippen LogP contribution < -0.4 is 5.32 Å². The zero-order valence-electron chi connectivity index (χ0n) is 12.1. The van der Waals surface area contributed by atoms with Crippen LogP contribution in [0.3, 0.4) is 0 Å². The molecule has 106 valence electrons. The molecule has 1 aliphatic heterocycles. The van der Waals surface area contributed by atoms with Crippen LogP contribution in [0.4, 0.5) is 0 Å². The minimum atomic E-state index is 0.511. The molecule has 20 heavy (non-hydrogen) atoms. The molecular weight excluding hydrogens is 250 g/mol. The Morgan fingerprint density at radius 2 is 2.10 bits per heavy atom. The fourth-order valence-electron chi connectivity index (χ4n) is 2.94. The Hall–Kier alpha value is -1.72. The van der Waals surface area contributed by atoms with Crippen molar-refractivity contribution >= 4 is 0 Å². The summed E-state index contributed by atoms with van der Waals surface area (Å²) in [6.45, 7) is 2.84. The highest BCUT2D eigenvalue weighted by molar-refractivity contribution is 5.30. The monoisotopic (exact) mass is 271 g/mol. The van der Waals surface area contributed by atoms with E-state index in [2.05, 4.69) is 44.8 Å². The van der Waals surface area contributed by atoms with Crippen molar-refractivity contribution in [1.82, 2.24) is 25.2 Å². The van der Waals surface area contributed by atoms with Crippen LogP contribution in [0.15, 0.2) is 30.5 Å². The summed E-state index contributed by atoms with van der Waals surface area (Å²) in [4.78, 5) is 2.49. The van der Waals surface area contributed by atoms with E-state index >= 15 is 0 Å². The third kappa shape index (κ3) is 2.73. The molecule has 1 aliphatic rings. The second kappa shape index (κ2) is 5.73. The van der Waals surface area contributed by atoms with E-state index in [9.17, 15) is 0 Å². The number of aromatic nitrogens is 3. The summed E-state index contributed by atoms with van der Waals surface area (Å²) in [6.07, 6.45) is 3.09. The van der Waals surface area contributed by atoms with Gasteiger partial charge in [-0.3, -0.25) is 9.58 Å². The van der Waals surface area contributed by atoms with Crippen molar-refractivity contribution < 1.29 is 0 Å². The lowest BCUT2D eigenvalue weighted by Crippen LogP contribution is -2.45. The number of nitrogens with one attached hydrogen (secondary N) is 1. The normalized spacial score (nSPS) is 19.0. The van der Waals surface area contributed by atoms with E-state index in [-0.39, 0.29) is 0 Å². The van der Waals surface area contributed by atoms with Crippen LogP contribution >= 0.6 is 0 Å². The highest BCUT2D eigenvalue weighted by Crippen LogP contribution is 2.24. The number of hydrogen-bond donors (Lipinski definition) is 1. The van der Waals surface area contributed by atoms with Gasteiger partial charge in [-0.15, -0.1) is 5.10 Å². The van der Waals surface area contributed by atoms with Gasteiger partial charge < -0.3 is 5.32 Å². The number of rotatable bonds is 4. The van der Waals surface area contributed by atoms with Gasteiger partial charge in [0.05, 0.1) is 5.69 Å². The molecule has 1 aromatic carbocycles. The molecule has 0 saturated heterocycles. The fraction of sp³-hybridized carbons (Fsp3) is 0.467. The van der Waals surface area contributed by atoms with Crippen molar-refractivity contribution in [3.63, 3.8) is 0 Å². The Bertz CT molecular complexity index is 577. The summed E-state index contributed by atoms with van der Waals surface area (Å²) in [6, 6.07) is 9.24. The minimum Gasteiger partial charge on any atom is -0.318 e. The molecule has 5 heteroatoms. The van der Waals surface area contributed by atoms with Crippen LogP contribution in [0, 0.1) is 0 Å². The van der Waals surface area contributed by atoms with Crippen molar-refractivity contribution in [3.8, 4) is 0 Å². The topological polar surface area (TPSA) is 46.0 Å². The minimum absolute atomic E-state index is 0.511. The molecule has 0 aliphatic carbocycles. The predicted molar refractivity (Wildman–Crippen MR) is 78.1 cm³/mol. The Kier molecular flexibility index (Phi) is 3.80. The first-order valence-corrected chi connectivity index (χ1v) is 7.07. The SMILES string of the molecule is CNCC1Cc2ccccc2CN1Cc1cn(C)nn1. The van der Waals surface area contributed by atoms with Gasteiger partial charge in [0, 0.05) is 38.9 Å². The third-order valence-electron chi connectivity index (χ3n) is 3.92. The van der Waals surface area contributed by atoms with Gasteiger partial charge in [0.15, 0.2) is 0 Å². The third-order valence-corrected chi connectivity index (χ3v) is 3.92. The smallest absolute Gasteiger partial charge is 0.0967 e. The van der Waals surface area contributed by atoms with Gasteiger partial charge in [0.2, 0.25) is 0 Å². The Balaban J connectivity index is 1.80. The number of fused-ring (bicyclic) bond motifs is 1. The molecule has 5 nitrogen and oxygen atoms in total. The molecule has 0 spiro atoms. The van der Waals surface area contributed by atoms with Crippen LogP contribution in [0.5, 0.6) is 0 Å². The second-order valence-corrected chi connectivity index (χ2v) is 5.47. The van der Waals surface area contributed by atoms with E-state index in [1.807, 2.05) is 20.3 Å². The molecule has 0 amide bonds. The van der Waals surface area contributed by atoms with Crippen LogP contribution in [0.2, 0.25) is 0 Å². The molecule has 0 radical (unpaired) electrons. The summed E-state index contributed by atoms with van der Waals surface area (Å²) in [7, 11) is 3.92. The van der Waals surface area contributed by atoms with E-state index < -0.39 is 0 Å². The second-order valence-electron chi connectivity index (χ2n) is 5.47. The van der Waals surface area contributed by atoms with Crippen LogP contribution in [-0.2, 0) is 26.6 Å². The maximum atomic E-state index is 4.21. The summed E-state index contributed by atoms with van der Waals surface area (Å²) in [5.74, 6) is 0. The first-order chi connectivity index (χ1) is 9.76. The Morgan fingerprint density at radius 1 is 1.30 bits per heavy atom. The number of aryl methyl sites for hydroxylation is 1. The molecule has 3 rings (SSSR count). The average molecular weight is 271 g/mol. The molecule has 0 saturated carbocycles. The van der Waals surface area contributed by atoms with Gasteiger partial charge in [-0.2, -0.15) is 0 Å². The fourth-order valence-corrected chi connectivity index (χ4v) is 2.94. The van der Waals surface area contributed by atoms with E-state index in [0.717, 1.165) is 31.7 Å². The molecule has 2 aromatic rings. The molecule has 1 N–H and O–H groups in total. The van der Waals surface area contributed by atoms with Crippen molar-refractivity contribution in [2.24, 2.45) is 7.05 Å². The lowest BCUT2D eigenvalue weighted by molar-refractivity contribution is 0.159. The van der Waals surface area contributed by atoms with Gasteiger partial charge >= 0.3 is 0 Å². The number of nitrogens with zero attached hydrogens (tertiary/aromatic N) is 4. The first-order valence-electron chi connectivity index (χ1n) is 7.07. The van der Waals surface area contributed by atoms with Gasteiger partial charge in [0.1, 0.15) is 0 Å². The lowest BCUT2D eigenvalue weighted by Gasteiger charge is -2.36. The summed E-state index contributed by atoms with van der Waals surface area (Å²) < 4.78 is 1.76. The molecule has 0 fully saturated rings. The number of likely N-dealkylation sites (N-methyl/N-ethyl adjacent to an activating group) is 1. The molecule has 2 heterocycles. The van der Waals surface area contributed by atoms with Crippen molar-refractivity contribution in [2.75, 3.05) is 13.6 Å². The van der Waals surface area contributed by atoms with E-state index in [1.165, 1.54) is 11.1 Å². The molecule has 0 bridgehead atoms. The van der Waals surface area contributed by atoms with E-state index in [1.54, 1.807) is 4.68 Å². The summed E-state index contributed by atoms with van der Waals surface area (Å²) in [5, 5.41) is 11.5. The van der Waals surface area contributed by atoms with E-state index in [4.69, 9.17) is 0 Å². The van der Waals surface area contributed by atoms with Crippen LogP contribution in [0.25, 0.3) is 0 Å². The standard InChI is InChI=1S/C15H21N5/c1-16-8-15-7-12-5-3-4-6-13(12)9-20(15)11-14-10-19(2)18-17-14/h3-6,10,15-16H,7-9,11H2,1-2H3. The van der Waals surface area contributed by atoms with Crippen molar-refractivity contribution in [2.45, 2.75) is 25.6 Å². The maximum absolute atomic E-state index is 4.21. The zero-order valence-corrected chi connectivity index (χ0v) is 12.1. The largest absolute Gasteiger partial charge is 0.318 e. The predicted octanol–water partition coefficient (Wildman–Crippen LogP) is 0.961. The van der Waals surface area contributed by atoms with Crippen LogP contribution in [-0.4, -0.2) is 39.5 Å². The van der Waals surface area contributed by atoms with Gasteiger partial charge in [-0.1, -0.05) is 29.5 Å². The number of hydrogen-bond acceptors (Lipinski definition) is 4. The first kappa shape index (κ1) is 13.3. The maximum Gasteiger partial charge on any atom is 0.0967 e. The number of benzene rings is 1. The lowest BCUT2D eigenvalue weighted by atomic mass is 9.94. The summed E-state index contributed by atoms with van der Waals surface area (Å²) in [5.41, 5.74) is 3.94. The van der Waals surface area contributed by atoms with E-state index in [0.29, 0.717) is 6.04 Å². The van der Waals surface area contributed by atoms with Crippen LogP contribution in [0.1, 0.15) is 16.8 Å². The molecule has 1 atom stereocenters. The highest BCUT2D eigenvalue weighted by atomic mass is 15.4. The van der Waals surface area contributed by atoms with Gasteiger partial charge in [0.25, 0.3) is 0 Å². The van der Waals surface area contributed by atoms with Crippen molar-refractivity contribution in [3.05, 3.63) is 47.3 Å². The average Bonchev–Trinajstić information content (AvgIpc) is 2.85. The molecule has 1 unspecified atom stereocenters. The summed E-state index contributed by atoms with van der Waals surface area (Å²) >= 11 is 0. The Morgan fingerprint density at radius 3 is 2.80 bits per heavy atom. The van der Waals surface area contributed by atoms with Crippen molar-refractivity contribution in [1.29, 1.82) is 0 Å². The van der Waals surface area contributed by atoms with Gasteiger partial charge in [-0.05, 0) is 24.6 Å². The highest BCUT2D eigenvalue weighted by Gasteiger charge is 2.25. The quantitative estimate of drug-likeness (QED) is 0.900. The Labute approximate surface area is 119 Å². The zero-order chi connectivity index (χ0) is 13.9. The van der Waals surface area contributed by atoms with Gasteiger partial charge in [-0.25, -0.2) is 0 Å². The molecule has 1 aromatic heterocycles. The molecular formula is C15H21N5.